The fraction of sp³-hybridized carbons (Fsp3) is 0.100. The van der Waals surface area contributed by atoms with Gasteiger partial charge in [0, 0.05) is 11.1 Å². The van der Waals surface area contributed by atoms with E-state index >= 15 is 0 Å². The summed E-state index contributed by atoms with van der Waals surface area (Å²) in [7, 11) is 0. The molecule has 0 spiro atoms. The minimum atomic E-state index is -0.266. The number of nitrogens with zero attached hydrogens (tertiary/aromatic N) is 1. The van der Waals surface area contributed by atoms with E-state index in [4.69, 9.17) is 5.84 Å². The van der Waals surface area contributed by atoms with Gasteiger partial charge in [-0.15, -0.1) is 11.3 Å². The van der Waals surface area contributed by atoms with E-state index in [1.54, 1.807) is 17.8 Å². The normalized spacial score (nSPS) is 12.7. The van der Waals surface area contributed by atoms with Crippen LogP contribution >= 0.6 is 11.3 Å². The van der Waals surface area contributed by atoms with E-state index in [0.717, 1.165) is 10.4 Å². The Hall–Kier alpha value is -1.30. The number of hydrogen-bond acceptors (Lipinski definition) is 4. The van der Waals surface area contributed by atoms with Crippen LogP contribution < -0.4 is 11.3 Å². The van der Waals surface area contributed by atoms with Crippen LogP contribution in [0.4, 0.5) is 4.39 Å². The third-order valence-corrected chi connectivity index (χ3v) is 2.93. The van der Waals surface area contributed by atoms with Gasteiger partial charge in [-0.2, -0.15) is 0 Å². The average molecular weight is 223 g/mol. The van der Waals surface area contributed by atoms with Gasteiger partial charge in [-0.25, -0.2) is 9.82 Å². The predicted octanol–water partition coefficient (Wildman–Crippen LogP) is 1.83. The van der Waals surface area contributed by atoms with Crippen molar-refractivity contribution in [3.63, 3.8) is 0 Å². The molecule has 1 aromatic carbocycles. The highest BCUT2D eigenvalue weighted by Gasteiger charge is 2.13. The number of rotatable bonds is 3. The molecular formula is C10H10FN3S. The smallest absolute Gasteiger partial charge is 0.123 e. The minimum Gasteiger partial charge on any atom is -0.271 e. The molecule has 0 aliphatic carbocycles. The molecule has 0 saturated carbocycles. The zero-order valence-corrected chi connectivity index (χ0v) is 8.67. The second kappa shape index (κ2) is 4.48. The van der Waals surface area contributed by atoms with Crippen molar-refractivity contribution in [3.8, 4) is 0 Å². The molecule has 1 unspecified atom stereocenters. The van der Waals surface area contributed by atoms with Crippen molar-refractivity contribution in [2.45, 2.75) is 6.04 Å². The number of hydrazine groups is 1. The Kier molecular flexibility index (Phi) is 3.05. The molecule has 1 aromatic heterocycles. The highest BCUT2D eigenvalue weighted by atomic mass is 32.1. The van der Waals surface area contributed by atoms with Crippen LogP contribution in [0.15, 0.2) is 36.0 Å². The number of nitrogens with one attached hydrogen (secondary N) is 1. The lowest BCUT2D eigenvalue weighted by atomic mass is 10.1. The van der Waals surface area contributed by atoms with Crippen molar-refractivity contribution in [3.05, 3.63) is 52.2 Å². The second-order valence-electron chi connectivity index (χ2n) is 3.06. The first kappa shape index (κ1) is 10.2. The lowest BCUT2D eigenvalue weighted by molar-refractivity contribution is 0.608. The van der Waals surface area contributed by atoms with Gasteiger partial charge in [-0.3, -0.25) is 10.8 Å². The van der Waals surface area contributed by atoms with Gasteiger partial charge in [-0.1, -0.05) is 12.1 Å². The van der Waals surface area contributed by atoms with E-state index in [1.165, 1.54) is 23.5 Å². The first-order valence-corrected chi connectivity index (χ1v) is 5.29. The molecule has 0 fully saturated rings. The summed E-state index contributed by atoms with van der Waals surface area (Å²) in [6.07, 6.45) is 1.72. The van der Waals surface area contributed by atoms with E-state index in [0.29, 0.717) is 0 Å². The number of hydrogen-bond donors (Lipinski definition) is 2. The van der Waals surface area contributed by atoms with Gasteiger partial charge in [0.1, 0.15) is 5.82 Å². The van der Waals surface area contributed by atoms with Crippen LogP contribution in [-0.2, 0) is 0 Å². The fourth-order valence-electron chi connectivity index (χ4n) is 1.40. The molecule has 2 rings (SSSR count). The standard InChI is InChI=1S/C10H10FN3S/c11-8-3-1-2-7(4-8)10(14-12)9-5-13-6-15-9/h1-6,10,14H,12H2. The lowest BCUT2D eigenvalue weighted by Gasteiger charge is -2.13. The Morgan fingerprint density at radius 1 is 1.47 bits per heavy atom. The molecule has 0 bridgehead atoms. The Bertz CT molecular complexity index is 430. The highest BCUT2D eigenvalue weighted by molar-refractivity contribution is 7.09. The van der Waals surface area contributed by atoms with Crippen LogP contribution in [0.1, 0.15) is 16.5 Å². The van der Waals surface area contributed by atoms with Crippen LogP contribution in [0, 0.1) is 5.82 Å². The minimum absolute atomic E-state index is 0.201. The molecule has 15 heavy (non-hydrogen) atoms. The molecule has 78 valence electrons. The van der Waals surface area contributed by atoms with Gasteiger partial charge in [-0.05, 0) is 17.7 Å². The topological polar surface area (TPSA) is 50.9 Å². The molecule has 3 nitrogen and oxygen atoms in total. The van der Waals surface area contributed by atoms with Crippen molar-refractivity contribution >= 4 is 11.3 Å². The maximum absolute atomic E-state index is 13.0. The first-order valence-electron chi connectivity index (χ1n) is 4.41. The maximum atomic E-state index is 13.0. The molecule has 1 atom stereocenters. The van der Waals surface area contributed by atoms with Gasteiger partial charge >= 0.3 is 0 Å². The predicted molar refractivity (Wildman–Crippen MR) is 57.7 cm³/mol. The number of nitrogens with two attached hydrogens (primary N) is 1. The highest BCUT2D eigenvalue weighted by Crippen LogP contribution is 2.24. The Morgan fingerprint density at radius 2 is 2.33 bits per heavy atom. The number of aromatic nitrogens is 1. The maximum Gasteiger partial charge on any atom is 0.123 e. The molecule has 2 aromatic rings. The summed E-state index contributed by atoms with van der Waals surface area (Å²) in [6.45, 7) is 0. The van der Waals surface area contributed by atoms with Crippen LogP contribution in [0.3, 0.4) is 0 Å². The summed E-state index contributed by atoms with van der Waals surface area (Å²) in [6, 6.07) is 6.16. The van der Waals surface area contributed by atoms with E-state index in [1.807, 2.05) is 6.07 Å². The van der Waals surface area contributed by atoms with E-state index in [2.05, 4.69) is 10.4 Å². The molecule has 0 aliphatic heterocycles. The number of thiazole rings is 1. The summed E-state index contributed by atoms with van der Waals surface area (Å²) in [5.74, 6) is 5.19. The van der Waals surface area contributed by atoms with Crippen molar-refractivity contribution < 1.29 is 4.39 Å². The first-order chi connectivity index (χ1) is 7.31. The van der Waals surface area contributed by atoms with E-state index in [-0.39, 0.29) is 11.9 Å². The van der Waals surface area contributed by atoms with Crippen LogP contribution in [0.2, 0.25) is 0 Å². The monoisotopic (exact) mass is 223 g/mol. The molecule has 0 amide bonds. The van der Waals surface area contributed by atoms with Crippen LogP contribution in [0.5, 0.6) is 0 Å². The van der Waals surface area contributed by atoms with Crippen LogP contribution in [-0.4, -0.2) is 4.98 Å². The van der Waals surface area contributed by atoms with E-state index in [9.17, 15) is 4.39 Å². The van der Waals surface area contributed by atoms with Crippen molar-refractivity contribution in [1.29, 1.82) is 0 Å². The van der Waals surface area contributed by atoms with Crippen molar-refractivity contribution in [2.75, 3.05) is 0 Å². The second-order valence-corrected chi connectivity index (χ2v) is 3.98. The van der Waals surface area contributed by atoms with Gasteiger partial charge in [0.25, 0.3) is 0 Å². The Labute approximate surface area is 90.7 Å². The van der Waals surface area contributed by atoms with Crippen molar-refractivity contribution in [1.82, 2.24) is 10.4 Å². The quantitative estimate of drug-likeness (QED) is 0.616. The molecule has 0 aliphatic rings. The average Bonchev–Trinajstić information content (AvgIpc) is 2.72. The summed E-state index contributed by atoms with van der Waals surface area (Å²) < 4.78 is 13.0. The zero-order chi connectivity index (χ0) is 10.7. The number of benzene rings is 1. The molecular weight excluding hydrogens is 213 g/mol. The largest absolute Gasteiger partial charge is 0.271 e. The van der Waals surface area contributed by atoms with Gasteiger partial charge in [0.15, 0.2) is 0 Å². The summed E-state index contributed by atoms with van der Waals surface area (Å²) in [5.41, 5.74) is 5.17. The van der Waals surface area contributed by atoms with Gasteiger partial charge in [0.05, 0.1) is 11.6 Å². The summed E-state index contributed by atoms with van der Waals surface area (Å²) in [5, 5.41) is 0. The van der Waals surface area contributed by atoms with Crippen molar-refractivity contribution in [2.24, 2.45) is 5.84 Å². The zero-order valence-electron chi connectivity index (χ0n) is 7.85. The third kappa shape index (κ3) is 2.20. The van der Waals surface area contributed by atoms with E-state index < -0.39 is 0 Å². The van der Waals surface area contributed by atoms with Gasteiger partial charge in [0.2, 0.25) is 0 Å². The molecule has 1 heterocycles. The SMILES string of the molecule is NNC(c1cccc(F)c1)c1cncs1. The molecule has 0 saturated heterocycles. The lowest BCUT2D eigenvalue weighted by Crippen LogP contribution is -2.28. The van der Waals surface area contributed by atoms with Crippen LogP contribution in [0.25, 0.3) is 0 Å². The fourth-order valence-corrected chi connectivity index (χ4v) is 2.10. The molecule has 3 N–H and O–H groups in total. The Balaban J connectivity index is 2.35. The Morgan fingerprint density at radius 3 is 2.93 bits per heavy atom. The summed E-state index contributed by atoms with van der Waals surface area (Å²) in [4.78, 5) is 4.93. The third-order valence-electron chi connectivity index (χ3n) is 2.08. The molecule has 0 radical (unpaired) electrons. The van der Waals surface area contributed by atoms with Gasteiger partial charge < -0.3 is 0 Å². The number of halogens is 1. The summed E-state index contributed by atoms with van der Waals surface area (Å²) >= 11 is 1.48. The molecule has 5 heteroatoms.